The van der Waals surface area contributed by atoms with Crippen LogP contribution in [-0.2, 0) is 4.79 Å². The van der Waals surface area contributed by atoms with Crippen LogP contribution in [0.5, 0.6) is 0 Å². The van der Waals surface area contributed by atoms with Gasteiger partial charge in [0.1, 0.15) is 11.6 Å². The van der Waals surface area contributed by atoms with Crippen LogP contribution in [0.3, 0.4) is 0 Å². The Morgan fingerprint density at radius 1 is 0.971 bits per heavy atom. The van der Waals surface area contributed by atoms with Gasteiger partial charge in [0.2, 0.25) is 0 Å². The standard InChI is InChI=1S/C30H28N2O2S/c1-19-11-13-21(14-12-19)29(34)28-26(20-15-17-23(35-2)18-16-20)27-24(9-6-10-25(27)33)32(30(28)31)22-7-4-3-5-8-22/h3-5,7-8,11-18,26,31,34H,6,9-10H2,1-2H3/b29-28+,31-30?. The molecule has 176 valence electrons. The average Bonchev–Trinajstić information content (AvgIpc) is 2.89. The molecule has 1 aliphatic carbocycles. The smallest absolute Gasteiger partial charge is 0.161 e. The molecule has 3 aromatic carbocycles. The Morgan fingerprint density at radius 2 is 1.66 bits per heavy atom. The van der Waals surface area contributed by atoms with Gasteiger partial charge in [-0.3, -0.25) is 15.1 Å². The number of allylic oxidation sites excluding steroid dienone is 2. The number of aryl methyl sites for hydroxylation is 1. The first-order valence-electron chi connectivity index (χ1n) is 11.8. The number of nitrogens with one attached hydrogen (secondary N) is 1. The van der Waals surface area contributed by atoms with E-state index in [2.05, 4.69) is 0 Å². The molecular weight excluding hydrogens is 452 g/mol. The first-order chi connectivity index (χ1) is 17.0. The Morgan fingerprint density at radius 3 is 2.31 bits per heavy atom. The topological polar surface area (TPSA) is 64.4 Å². The third-order valence-electron chi connectivity index (χ3n) is 6.80. The van der Waals surface area contributed by atoms with E-state index in [4.69, 9.17) is 0 Å². The average molecular weight is 481 g/mol. The number of hydrogen-bond donors (Lipinski definition) is 2. The maximum absolute atomic E-state index is 13.5. The number of para-hydroxylation sites is 1. The predicted octanol–water partition coefficient (Wildman–Crippen LogP) is 7.27. The molecule has 0 spiro atoms. The number of benzene rings is 3. The van der Waals surface area contributed by atoms with Gasteiger partial charge in [0, 0.05) is 45.3 Å². The van der Waals surface area contributed by atoms with Gasteiger partial charge in [-0.25, -0.2) is 0 Å². The van der Waals surface area contributed by atoms with E-state index >= 15 is 0 Å². The fourth-order valence-corrected chi connectivity index (χ4v) is 5.46. The van der Waals surface area contributed by atoms with E-state index < -0.39 is 5.92 Å². The Bertz CT molecular complexity index is 1340. The molecule has 4 nitrogen and oxygen atoms in total. The van der Waals surface area contributed by atoms with E-state index in [1.165, 1.54) is 0 Å². The first-order valence-corrected chi connectivity index (χ1v) is 13.1. The number of nitrogens with zero attached hydrogens (tertiary/aromatic N) is 1. The van der Waals surface area contributed by atoms with Gasteiger partial charge in [-0.2, -0.15) is 0 Å². The number of ketones is 1. The van der Waals surface area contributed by atoms with Crippen molar-refractivity contribution in [3.05, 3.63) is 112 Å². The fraction of sp³-hybridized carbons (Fsp3) is 0.200. The van der Waals surface area contributed by atoms with Gasteiger partial charge in [-0.05, 0) is 55.9 Å². The van der Waals surface area contributed by atoms with Crippen LogP contribution in [0.2, 0.25) is 0 Å². The summed E-state index contributed by atoms with van der Waals surface area (Å²) in [7, 11) is 0. The van der Waals surface area contributed by atoms with Gasteiger partial charge in [-0.15, -0.1) is 11.8 Å². The molecule has 5 heteroatoms. The minimum atomic E-state index is -0.498. The lowest BCUT2D eigenvalue weighted by Crippen LogP contribution is -2.42. The van der Waals surface area contributed by atoms with Crippen molar-refractivity contribution in [1.29, 1.82) is 5.41 Å². The number of carbonyl (C=O) groups is 1. The molecule has 5 rings (SSSR count). The van der Waals surface area contributed by atoms with Gasteiger partial charge in [-0.1, -0.05) is 60.2 Å². The van der Waals surface area contributed by atoms with E-state index in [0.717, 1.165) is 40.2 Å². The molecule has 3 aromatic rings. The first kappa shape index (κ1) is 23.2. The molecule has 0 saturated heterocycles. The number of rotatable bonds is 4. The normalized spacial score (nSPS) is 19.6. The minimum absolute atomic E-state index is 0.0415. The Kier molecular flexibility index (Phi) is 6.35. The van der Waals surface area contributed by atoms with Gasteiger partial charge >= 0.3 is 0 Å². The molecule has 2 N–H and O–H groups in total. The van der Waals surface area contributed by atoms with Crippen molar-refractivity contribution in [2.45, 2.75) is 37.0 Å². The highest BCUT2D eigenvalue weighted by molar-refractivity contribution is 7.98. The number of carbonyl (C=O) groups excluding carboxylic acids is 1. The number of Topliss-reactive ketones (excluding diaryl/α,β-unsaturated/α-hetero) is 1. The minimum Gasteiger partial charge on any atom is -0.507 e. The van der Waals surface area contributed by atoms with Crippen LogP contribution in [0.4, 0.5) is 5.69 Å². The van der Waals surface area contributed by atoms with Crippen LogP contribution in [0, 0.1) is 12.3 Å². The van der Waals surface area contributed by atoms with Crippen LogP contribution >= 0.6 is 11.8 Å². The van der Waals surface area contributed by atoms with Crippen molar-refractivity contribution in [2.75, 3.05) is 11.2 Å². The summed E-state index contributed by atoms with van der Waals surface area (Å²) in [6.07, 6.45) is 3.99. The van der Waals surface area contributed by atoms with Crippen LogP contribution < -0.4 is 4.90 Å². The quantitative estimate of drug-likeness (QED) is 0.304. The summed E-state index contributed by atoms with van der Waals surface area (Å²) in [5.41, 5.74) is 5.50. The zero-order valence-corrected chi connectivity index (χ0v) is 20.7. The molecule has 35 heavy (non-hydrogen) atoms. The number of aliphatic hydroxyl groups is 1. The van der Waals surface area contributed by atoms with Crippen LogP contribution in [0.15, 0.2) is 101 Å². The second kappa shape index (κ2) is 9.59. The predicted molar refractivity (Wildman–Crippen MR) is 144 cm³/mol. The molecule has 1 aliphatic heterocycles. The van der Waals surface area contributed by atoms with Crippen molar-refractivity contribution in [1.82, 2.24) is 0 Å². The molecule has 0 fully saturated rings. The molecule has 0 radical (unpaired) electrons. The Hall–Kier alpha value is -3.57. The van der Waals surface area contributed by atoms with Crippen molar-refractivity contribution < 1.29 is 9.90 Å². The summed E-state index contributed by atoms with van der Waals surface area (Å²) in [6, 6.07) is 25.5. The molecule has 1 unspecified atom stereocenters. The molecule has 1 atom stereocenters. The number of thioether (sulfide) groups is 1. The highest BCUT2D eigenvalue weighted by Crippen LogP contribution is 2.48. The SMILES string of the molecule is CSc1ccc(C2C3=C(CCCC3=O)N(c3ccccc3)C(=N)/C2=C(/O)c2ccc(C)cc2)cc1. The van der Waals surface area contributed by atoms with Crippen molar-refractivity contribution in [3.8, 4) is 0 Å². The molecule has 0 amide bonds. The van der Waals surface area contributed by atoms with E-state index in [9.17, 15) is 15.3 Å². The number of aliphatic hydroxyl groups excluding tert-OH is 1. The maximum atomic E-state index is 13.5. The molecule has 0 saturated carbocycles. The lowest BCUT2D eigenvalue weighted by molar-refractivity contribution is -0.116. The van der Waals surface area contributed by atoms with E-state index in [1.54, 1.807) is 11.8 Å². The number of anilines is 1. The monoisotopic (exact) mass is 480 g/mol. The zero-order chi connectivity index (χ0) is 24.5. The highest BCUT2D eigenvalue weighted by atomic mass is 32.2. The fourth-order valence-electron chi connectivity index (χ4n) is 5.05. The van der Waals surface area contributed by atoms with Crippen molar-refractivity contribution in [3.63, 3.8) is 0 Å². The third-order valence-corrected chi connectivity index (χ3v) is 7.54. The Balaban J connectivity index is 1.81. The lowest BCUT2D eigenvalue weighted by Gasteiger charge is -2.41. The highest BCUT2D eigenvalue weighted by Gasteiger charge is 2.43. The molecule has 1 heterocycles. The van der Waals surface area contributed by atoms with Crippen molar-refractivity contribution in [2.24, 2.45) is 0 Å². The zero-order valence-electron chi connectivity index (χ0n) is 19.9. The van der Waals surface area contributed by atoms with Gasteiger partial charge < -0.3 is 5.11 Å². The lowest BCUT2D eigenvalue weighted by atomic mass is 9.73. The van der Waals surface area contributed by atoms with E-state index in [1.807, 2.05) is 96.9 Å². The van der Waals surface area contributed by atoms with E-state index in [-0.39, 0.29) is 17.4 Å². The van der Waals surface area contributed by atoms with Gasteiger partial charge in [0.05, 0.1) is 0 Å². The van der Waals surface area contributed by atoms with Crippen LogP contribution in [0.25, 0.3) is 5.76 Å². The summed E-state index contributed by atoms with van der Waals surface area (Å²) in [4.78, 5) is 16.5. The second-order valence-electron chi connectivity index (χ2n) is 8.99. The summed E-state index contributed by atoms with van der Waals surface area (Å²) >= 11 is 1.66. The van der Waals surface area contributed by atoms with Crippen LogP contribution in [-0.4, -0.2) is 23.0 Å². The van der Waals surface area contributed by atoms with Crippen LogP contribution in [0.1, 0.15) is 41.9 Å². The summed E-state index contributed by atoms with van der Waals surface area (Å²) in [6.45, 7) is 2.00. The molecule has 2 aliphatic rings. The van der Waals surface area contributed by atoms with E-state index in [0.29, 0.717) is 23.1 Å². The number of hydrogen-bond acceptors (Lipinski definition) is 4. The van der Waals surface area contributed by atoms with Crippen molar-refractivity contribution >= 4 is 34.8 Å². The molecule has 0 aromatic heterocycles. The number of amidine groups is 1. The van der Waals surface area contributed by atoms with Gasteiger partial charge in [0.15, 0.2) is 5.78 Å². The molecular formula is C30H28N2O2S. The molecule has 0 bridgehead atoms. The third kappa shape index (κ3) is 4.21. The summed E-state index contributed by atoms with van der Waals surface area (Å²) in [5, 5.41) is 21.0. The maximum Gasteiger partial charge on any atom is 0.161 e. The van der Waals surface area contributed by atoms with Gasteiger partial charge in [0.25, 0.3) is 0 Å². The largest absolute Gasteiger partial charge is 0.507 e. The summed E-state index contributed by atoms with van der Waals surface area (Å²) < 4.78 is 0. The second-order valence-corrected chi connectivity index (χ2v) is 9.87. The summed E-state index contributed by atoms with van der Waals surface area (Å²) in [5.74, 6) is -0.156. The Labute approximate surface area is 210 Å².